The van der Waals surface area contributed by atoms with E-state index in [0.717, 1.165) is 11.3 Å². The van der Waals surface area contributed by atoms with Crippen LogP contribution in [0.5, 0.6) is 5.75 Å². The molecule has 3 heteroatoms. The highest BCUT2D eigenvalue weighted by Crippen LogP contribution is 2.19. The summed E-state index contributed by atoms with van der Waals surface area (Å²) in [6, 6.07) is 7.44. The molecule has 0 radical (unpaired) electrons. The molecule has 3 nitrogen and oxygen atoms in total. The zero-order chi connectivity index (χ0) is 13.6. The van der Waals surface area contributed by atoms with Crippen LogP contribution in [0, 0.1) is 0 Å². The maximum absolute atomic E-state index is 11.0. The molecular weight excluding hydrogens is 228 g/mol. The van der Waals surface area contributed by atoms with Gasteiger partial charge in [0.15, 0.2) is 0 Å². The molecule has 0 unspecified atom stereocenters. The van der Waals surface area contributed by atoms with Crippen LogP contribution in [0.25, 0.3) is 0 Å². The molecule has 0 heterocycles. The highest BCUT2D eigenvalue weighted by Gasteiger charge is 2.22. The molecule has 18 heavy (non-hydrogen) atoms. The number of aliphatic hydroxyl groups is 1. The number of hydrogen-bond donors (Lipinski definition) is 1. The molecule has 0 saturated carbocycles. The molecule has 0 aliphatic heterocycles. The first-order valence-electron chi connectivity index (χ1n) is 6.42. The molecule has 0 aromatic heterocycles. The summed E-state index contributed by atoms with van der Waals surface area (Å²) >= 11 is 0. The highest BCUT2D eigenvalue weighted by molar-refractivity contribution is 5.78. The van der Waals surface area contributed by atoms with Gasteiger partial charge >= 0.3 is 0 Å². The summed E-state index contributed by atoms with van der Waals surface area (Å²) in [4.78, 5) is 11.0. The highest BCUT2D eigenvalue weighted by atomic mass is 16.5. The topological polar surface area (TPSA) is 46.5 Å². The number of carbonyl (C=O) groups is 1. The monoisotopic (exact) mass is 250 g/mol. The van der Waals surface area contributed by atoms with Gasteiger partial charge in [0.25, 0.3) is 0 Å². The van der Waals surface area contributed by atoms with Crippen LogP contribution in [-0.4, -0.2) is 23.1 Å². The Bertz CT molecular complexity index is 377. The average molecular weight is 250 g/mol. The van der Waals surface area contributed by atoms with Crippen molar-refractivity contribution in [2.75, 3.05) is 6.61 Å². The summed E-state index contributed by atoms with van der Waals surface area (Å²) in [6.07, 6.45) is 1.80. The van der Waals surface area contributed by atoms with Gasteiger partial charge in [-0.1, -0.05) is 26.0 Å². The van der Waals surface area contributed by atoms with E-state index in [0.29, 0.717) is 25.9 Å². The standard InChI is InChI=1S/C15H22O3/c1-4-15(17,5-2)11-18-14-8-6-13(7-9-14)10-12(3)16/h6-9,17H,4-5,10-11H2,1-3H3. The normalized spacial score (nSPS) is 11.3. The van der Waals surface area contributed by atoms with Gasteiger partial charge in [0, 0.05) is 6.42 Å². The van der Waals surface area contributed by atoms with E-state index in [2.05, 4.69) is 0 Å². The maximum atomic E-state index is 11.0. The second-order valence-electron chi connectivity index (χ2n) is 4.74. The Labute approximate surface area is 109 Å². The fourth-order valence-electron chi connectivity index (χ4n) is 1.66. The smallest absolute Gasteiger partial charge is 0.134 e. The molecule has 0 saturated heterocycles. The zero-order valence-electron chi connectivity index (χ0n) is 11.4. The van der Waals surface area contributed by atoms with Crippen molar-refractivity contribution in [3.63, 3.8) is 0 Å². The predicted octanol–water partition coefficient (Wildman–Crippen LogP) is 2.75. The van der Waals surface area contributed by atoms with Crippen LogP contribution in [0.3, 0.4) is 0 Å². The Morgan fingerprint density at radius 2 is 1.78 bits per heavy atom. The van der Waals surface area contributed by atoms with Crippen molar-refractivity contribution in [3.8, 4) is 5.75 Å². The van der Waals surface area contributed by atoms with E-state index >= 15 is 0 Å². The summed E-state index contributed by atoms with van der Waals surface area (Å²) in [5, 5.41) is 10.1. The lowest BCUT2D eigenvalue weighted by Gasteiger charge is -2.25. The Balaban J connectivity index is 2.56. The maximum Gasteiger partial charge on any atom is 0.134 e. The number of Topliss-reactive ketones (excluding diaryl/α,β-unsaturated/α-hetero) is 1. The van der Waals surface area contributed by atoms with Gasteiger partial charge in [-0.3, -0.25) is 4.79 Å². The minimum atomic E-state index is -0.752. The molecule has 0 aliphatic rings. The van der Waals surface area contributed by atoms with E-state index in [1.807, 2.05) is 38.1 Å². The quantitative estimate of drug-likeness (QED) is 0.809. The van der Waals surface area contributed by atoms with Gasteiger partial charge in [-0.15, -0.1) is 0 Å². The SMILES string of the molecule is CCC(O)(CC)COc1ccc(CC(C)=O)cc1. The van der Waals surface area contributed by atoms with E-state index in [9.17, 15) is 9.90 Å². The Kier molecular flexibility index (Phi) is 5.35. The number of ether oxygens (including phenoxy) is 1. The van der Waals surface area contributed by atoms with E-state index in [4.69, 9.17) is 4.74 Å². The largest absolute Gasteiger partial charge is 0.491 e. The second-order valence-corrected chi connectivity index (χ2v) is 4.74. The van der Waals surface area contributed by atoms with Crippen molar-refractivity contribution in [2.24, 2.45) is 0 Å². The Morgan fingerprint density at radius 3 is 2.22 bits per heavy atom. The van der Waals surface area contributed by atoms with Crippen molar-refractivity contribution < 1.29 is 14.6 Å². The third kappa shape index (κ3) is 4.49. The molecule has 0 atom stereocenters. The summed E-state index contributed by atoms with van der Waals surface area (Å²) in [5.74, 6) is 0.873. The molecule has 0 bridgehead atoms. The molecule has 1 N–H and O–H groups in total. The third-order valence-electron chi connectivity index (χ3n) is 3.20. The van der Waals surface area contributed by atoms with E-state index < -0.39 is 5.60 Å². The number of ketones is 1. The van der Waals surface area contributed by atoms with Crippen LogP contribution >= 0.6 is 0 Å². The van der Waals surface area contributed by atoms with Gasteiger partial charge in [0.05, 0.1) is 5.60 Å². The molecule has 1 aromatic rings. The van der Waals surface area contributed by atoms with Gasteiger partial charge in [-0.25, -0.2) is 0 Å². The zero-order valence-corrected chi connectivity index (χ0v) is 11.4. The van der Waals surface area contributed by atoms with Crippen molar-refractivity contribution in [1.29, 1.82) is 0 Å². The summed E-state index contributed by atoms with van der Waals surface area (Å²) in [5.41, 5.74) is 0.231. The van der Waals surface area contributed by atoms with Gasteiger partial charge in [-0.05, 0) is 37.5 Å². The van der Waals surface area contributed by atoms with Gasteiger partial charge in [0.1, 0.15) is 18.1 Å². The Morgan fingerprint density at radius 1 is 1.22 bits per heavy atom. The molecule has 0 spiro atoms. The molecule has 0 amide bonds. The van der Waals surface area contributed by atoms with Crippen molar-refractivity contribution in [3.05, 3.63) is 29.8 Å². The number of carbonyl (C=O) groups excluding carboxylic acids is 1. The van der Waals surface area contributed by atoms with E-state index in [-0.39, 0.29) is 5.78 Å². The first-order chi connectivity index (χ1) is 8.49. The predicted molar refractivity (Wildman–Crippen MR) is 71.9 cm³/mol. The average Bonchev–Trinajstić information content (AvgIpc) is 2.37. The van der Waals surface area contributed by atoms with Crippen LogP contribution in [0.4, 0.5) is 0 Å². The van der Waals surface area contributed by atoms with Crippen molar-refractivity contribution in [1.82, 2.24) is 0 Å². The fraction of sp³-hybridized carbons (Fsp3) is 0.533. The van der Waals surface area contributed by atoms with Crippen LogP contribution in [-0.2, 0) is 11.2 Å². The molecule has 1 aromatic carbocycles. The van der Waals surface area contributed by atoms with Crippen LogP contribution < -0.4 is 4.74 Å². The molecular formula is C15H22O3. The first kappa shape index (κ1) is 14.7. The second kappa shape index (κ2) is 6.55. The first-order valence-corrected chi connectivity index (χ1v) is 6.42. The lowest BCUT2D eigenvalue weighted by molar-refractivity contribution is -0.116. The van der Waals surface area contributed by atoms with E-state index in [1.54, 1.807) is 6.92 Å². The minimum Gasteiger partial charge on any atom is -0.491 e. The van der Waals surface area contributed by atoms with Gasteiger partial charge < -0.3 is 9.84 Å². The lowest BCUT2D eigenvalue weighted by atomic mass is 9.99. The Hall–Kier alpha value is -1.35. The van der Waals surface area contributed by atoms with Crippen molar-refractivity contribution in [2.45, 2.75) is 45.6 Å². The van der Waals surface area contributed by atoms with Crippen LogP contribution in [0.15, 0.2) is 24.3 Å². The minimum absolute atomic E-state index is 0.148. The molecule has 0 aliphatic carbocycles. The van der Waals surface area contributed by atoms with Crippen molar-refractivity contribution >= 4 is 5.78 Å². The van der Waals surface area contributed by atoms with Gasteiger partial charge in [0.2, 0.25) is 0 Å². The molecule has 0 fully saturated rings. The van der Waals surface area contributed by atoms with E-state index in [1.165, 1.54) is 0 Å². The number of benzene rings is 1. The van der Waals surface area contributed by atoms with Crippen LogP contribution in [0.1, 0.15) is 39.2 Å². The lowest BCUT2D eigenvalue weighted by Crippen LogP contribution is -2.34. The number of rotatable bonds is 7. The summed E-state index contributed by atoms with van der Waals surface area (Å²) in [7, 11) is 0. The fourth-order valence-corrected chi connectivity index (χ4v) is 1.66. The summed E-state index contributed by atoms with van der Waals surface area (Å²) < 4.78 is 5.58. The summed E-state index contributed by atoms with van der Waals surface area (Å²) in [6.45, 7) is 5.77. The third-order valence-corrected chi connectivity index (χ3v) is 3.20. The van der Waals surface area contributed by atoms with Crippen LogP contribution in [0.2, 0.25) is 0 Å². The number of hydrogen-bond acceptors (Lipinski definition) is 3. The molecule has 1 rings (SSSR count). The van der Waals surface area contributed by atoms with Gasteiger partial charge in [-0.2, -0.15) is 0 Å². The molecule has 100 valence electrons.